The lowest BCUT2D eigenvalue weighted by Crippen LogP contribution is -2.25. The van der Waals surface area contributed by atoms with Crippen molar-refractivity contribution in [3.05, 3.63) is 83.9 Å². The van der Waals surface area contributed by atoms with Gasteiger partial charge in [0, 0.05) is 19.4 Å². The third-order valence-corrected chi connectivity index (χ3v) is 3.98. The molecule has 4 heteroatoms. The largest absolute Gasteiger partial charge is 0.461 e. The van der Waals surface area contributed by atoms with Crippen LogP contribution in [0.2, 0.25) is 0 Å². The van der Waals surface area contributed by atoms with E-state index in [4.69, 9.17) is 4.42 Å². The molecule has 0 saturated heterocycles. The number of aryl methyl sites for hydroxylation is 1. The Morgan fingerprint density at radius 1 is 0.920 bits per heavy atom. The molecule has 2 aromatic carbocycles. The highest BCUT2D eigenvalue weighted by Crippen LogP contribution is 2.25. The molecule has 3 aromatic rings. The Morgan fingerprint density at radius 2 is 1.68 bits per heavy atom. The van der Waals surface area contributed by atoms with E-state index in [1.165, 1.54) is 11.6 Å². The smallest absolute Gasteiger partial charge is 0.220 e. The van der Waals surface area contributed by atoms with Crippen LogP contribution in [0, 0.1) is 5.82 Å². The lowest BCUT2D eigenvalue weighted by molar-refractivity contribution is -0.121. The van der Waals surface area contributed by atoms with E-state index in [2.05, 4.69) is 5.32 Å². The number of nitrogens with one attached hydrogen (secondary N) is 1. The Kier molecular flexibility index (Phi) is 5.62. The van der Waals surface area contributed by atoms with Gasteiger partial charge in [-0.2, -0.15) is 0 Å². The minimum Gasteiger partial charge on any atom is -0.461 e. The monoisotopic (exact) mass is 337 g/mol. The number of carbonyl (C=O) groups excluding carboxylic acids is 1. The van der Waals surface area contributed by atoms with E-state index >= 15 is 0 Å². The van der Waals surface area contributed by atoms with Crippen molar-refractivity contribution in [3.8, 4) is 11.3 Å². The maximum atomic E-state index is 13.8. The predicted octanol–water partition coefficient (Wildman–Crippen LogP) is 4.38. The number of rotatable bonds is 7. The predicted molar refractivity (Wildman–Crippen MR) is 95.6 cm³/mol. The van der Waals surface area contributed by atoms with E-state index < -0.39 is 0 Å². The van der Waals surface area contributed by atoms with E-state index in [9.17, 15) is 9.18 Å². The van der Waals surface area contributed by atoms with Crippen molar-refractivity contribution in [2.24, 2.45) is 0 Å². The van der Waals surface area contributed by atoms with Gasteiger partial charge in [0.05, 0.1) is 5.56 Å². The fourth-order valence-electron chi connectivity index (χ4n) is 2.63. The molecule has 1 N–H and O–H groups in total. The van der Waals surface area contributed by atoms with Gasteiger partial charge in [0.2, 0.25) is 5.91 Å². The topological polar surface area (TPSA) is 42.2 Å². The van der Waals surface area contributed by atoms with Crippen LogP contribution in [-0.2, 0) is 17.6 Å². The highest BCUT2D eigenvalue weighted by atomic mass is 19.1. The molecule has 1 aromatic heterocycles. The minimum absolute atomic E-state index is 0.0141. The molecule has 0 atom stereocenters. The van der Waals surface area contributed by atoms with E-state index in [1.807, 2.05) is 30.3 Å². The fraction of sp³-hybridized carbons (Fsp3) is 0.190. The van der Waals surface area contributed by atoms with Crippen LogP contribution >= 0.6 is 0 Å². The molecule has 0 bridgehead atoms. The summed E-state index contributed by atoms with van der Waals surface area (Å²) in [5, 5.41) is 2.91. The maximum absolute atomic E-state index is 13.8. The zero-order valence-electron chi connectivity index (χ0n) is 13.9. The second-order valence-electron chi connectivity index (χ2n) is 5.83. The van der Waals surface area contributed by atoms with Crippen LogP contribution in [0.1, 0.15) is 17.7 Å². The minimum atomic E-state index is -0.318. The van der Waals surface area contributed by atoms with Gasteiger partial charge in [-0.15, -0.1) is 0 Å². The van der Waals surface area contributed by atoms with Crippen LogP contribution in [0.15, 0.2) is 71.1 Å². The third kappa shape index (κ3) is 4.80. The first kappa shape index (κ1) is 17.0. The Morgan fingerprint density at radius 3 is 2.48 bits per heavy atom. The quantitative estimate of drug-likeness (QED) is 0.695. The van der Waals surface area contributed by atoms with Gasteiger partial charge in [0.1, 0.15) is 17.3 Å². The molecule has 1 heterocycles. The summed E-state index contributed by atoms with van der Waals surface area (Å²) in [6, 6.07) is 20.0. The van der Waals surface area contributed by atoms with Gasteiger partial charge >= 0.3 is 0 Å². The highest BCUT2D eigenvalue weighted by molar-refractivity contribution is 5.76. The summed E-state index contributed by atoms with van der Waals surface area (Å²) >= 11 is 0. The van der Waals surface area contributed by atoms with E-state index in [1.54, 1.807) is 30.3 Å². The van der Waals surface area contributed by atoms with Gasteiger partial charge in [-0.1, -0.05) is 42.5 Å². The molecule has 0 saturated carbocycles. The van der Waals surface area contributed by atoms with Gasteiger partial charge in [0.25, 0.3) is 0 Å². The first-order valence-corrected chi connectivity index (χ1v) is 8.36. The number of amides is 1. The van der Waals surface area contributed by atoms with E-state index in [-0.39, 0.29) is 11.7 Å². The SMILES string of the molecule is O=C(CCc1ccc(-c2ccccc2F)o1)NCCc1ccccc1. The van der Waals surface area contributed by atoms with Crippen LogP contribution < -0.4 is 5.32 Å². The Labute approximate surface area is 146 Å². The Balaban J connectivity index is 1.46. The van der Waals surface area contributed by atoms with Crippen LogP contribution in [0.5, 0.6) is 0 Å². The van der Waals surface area contributed by atoms with Crippen molar-refractivity contribution < 1.29 is 13.6 Å². The van der Waals surface area contributed by atoms with E-state index in [0.717, 1.165) is 6.42 Å². The molecule has 0 aliphatic carbocycles. The summed E-state index contributed by atoms with van der Waals surface area (Å²) in [5.41, 5.74) is 1.63. The lowest BCUT2D eigenvalue weighted by Gasteiger charge is -2.05. The molecular formula is C21H20FNO2. The molecule has 0 unspecified atom stereocenters. The number of hydrogen-bond acceptors (Lipinski definition) is 2. The average molecular weight is 337 g/mol. The summed E-state index contributed by atoms with van der Waals surface area (Å²) < 4.78 is 19.4. The summed E-state index contributed by atoms with van der Waals surface area (Å²) in [7, 11) is 0. The van der Waals surface area contributed by atoms with Gasteiger partial charge < -0.3 is 9.73 Å². The van der Waals surface area contributed by atoms with Crippen molar-refractivity contribution in [2.75, 3.05) is 6.54 Å². The van der Waals surface area contributed by atoms with Crippen LogP contribution in [0.3, 0.4) is 0 Å². The normalized spacial score (nSPS) is 10.6. The number of furan rings is 1. The Hall–Kier alpha value is -2.88. The molecule has 3 nitrogen and oxygen atoms in total. The van der Waals surface area contributed by atoms with Gasteiger partial charge in [0.15, 0.2) is 0 Å². The maximum Gasteiger partial charge on any atom is 0.220 e. The van der Waals surface area contributed by atoms with Crippen LogP contribution in [0.25, 0.3) is 11.3 Å². The lowest BCUT2D eigenvalue weighted by atomic mass is 10.1. The molecule has 3 rings (SSSR count). The zero-order valence-corrected chi connectivity index (χ0v) is 13.9. The summed E-state index contributed by atoms with van der Waals surface area (Å²) in [6.45, 7) is 0.613. The van der Waals surface area contributed by atoms with Gasteiger partial charge in [-0.25, -0.2) is 4.39 Å². The van der Waals surface area contributed by atoms with Gasteiger partial charge in [-0.05, 0) is 36.2 Å². The molecule has 0 radical (unpaired) electrons. The van der Waals surface area contributed by atoms with Crippen molar-refractivity contribution in [2.45, 2.75) is 19.3 Å². The van der Waals surface area contributed by atoms with Crippen LogP contribution in [0.4, 0.5) is 4.39 Å². The molecule has 0 aliphatic heterocycles. The summed E-state index contributed by atoms with van der Waals surface area (Å²) in [4.78, 5) is 11.9. The van der Waals surface area contributed by atoms with Crippen molar-refractivity contribution >= 4 is 5.91 Å². The van der Waals surface area contributed by atoms with Crippen molar-refractivity contribution in [3.63, 3.8) is 0 Å². The number of benzene rings is 2. The second kappa shape index (κ2) is 8.29. The first-order valence-electron chi connectivity index (χ1n) is 8.36. The molecule has 1 amide bonds. The van der Waals surface area contributed by atoms with Crippen LogP contribution in [-0.4, -0.2) is 12.5 Å². The summed E-state index contributed by atoms with van der Waals surface area (Å²) in [5.74, 6) is 0.830. The Bertz CT molecular complexity index is 827. The van der Waals surface area contributed by atoms with Gasteiger partial charge in [-0.3, -0.25) is 4.79 Å². The fourth-order valence-corrected chi connectivity index (χ4v) is 2.63. The standard InChI is InChI=1S/C21H20FNO2/c22-19-9-5-4-8-18(19)20-12-10-17(25-20)11-13-21(24)23-15-14-16-6-2-1-3-7-16/h1-10,12H,11,13-15H2,(H,23,24). The third-order valence-electron chi connectivity index (χ3n) is 3.98. The molecule has 0 aliphatic rings. The molecule has 0 spiro atoms. The number of hydrogen-bond donors (Lipinski definition) is 1. The molecule has 128 valence electrons. The number of carbonyl (C=O) groups is 1. The zero-order chi connectivity index (χ0) is 17.5. The molecule has 25 heavy (non-hydrogen) atoms. The number of halogens is 1. The average Bonchev–Trinajstić information content (AvgIpc) is 3.10. The van der Waals surface area contributed by atoms with E-state index in [0.29, 0.717) is 36.5 Å². The molecule has 0 fully saturated rings. The van der Waals surface area contributed by atoms with Crippen molar-refractivity contribution in [1.29, 1.82) is 0 Å². The summed E-state index contributed by atoms with van der Waals surface area (Å²) in [6.07, 6.45) is 1.65. The molecular weight excluding hydrogens is 317 g/mol. The highest BCUT2D eigenvalue weighted by Gasteiger charge is 2.10. The van der Waals surface area contributed by atoms with Crippen molar-refractivity contribution in [1.82, 2.24) is 5.32 Å². The second-order valence-corrected chi connectivity index (χ2v) is 5.83. The first-order chi connectivity index (χ1) is 12.2.